The zero-order valence-electron chi connectivity index (χ0n) is 14.5. The summed E-state index contributed by atoms with van der Waals surface area (Å²) in [4.78, 5) is 37.7. The Morgan fingerprint density at radius 3 is 2.22 bits per heavy atom. The van der Waals surface area contributed by atoms with Gasteiger partial charge in [0.15, 0.2) is 9.84 Å². The van der Waals surface area contributed by atoms with Crippen LogP contribution in [0.3, 0.4) is 0 Å². The molecule has 0 saturated carbocycles. The summed E-state index contributed by atoms with van der Waals surface area (Å²) in [7, 11) is -3.22. The maximum absolute atomic E-state index is 12.2. The van der Waals surface area contributed by atoms with Crippen LogP contribution in [-0.2, 0) is 20.3 Å². The molecule has 7 nitrogen and oxygen atoms in total. The van der Waals surface area contributed by atoms with E-state index in [1.165, 1.54) is 12.1 Å². The molecule has 0 fully saturated rings. The molecule has 2 aromatic rings. The van der Waals surface area contributed by atoms with Gasteiger partial charge in [0.25, 0.3) is 11.8 Å². The minimum atomic E-state index is -3.22. The van der Waals surface area contributed by atoms with E-state index in [1.54, 1.807) is 36.4 Å². The van der Waals surface area contributed by atoms with Crippen molar-refractivity contribution in [2.75, 3.05) is 19.4 Å². The molecule has 2 aromatic carbocycles. The van der Waals surface area contributed by atoms with Crippen LogP contribution in [-0.4, -0.2) is 50.5 Å². The summed E-state index contributed by atoms with van der Waals surface area (Å²) in [6.45, 7) is -0.207. The van der Waals surface area contributed by atoms with Crippen LogP contribution in [0, 0.1) is 0 Å². The maximum Gasteiger partial charge on any atom is 0.338 e. The number of hydrogen-bond donors (Lipinski definition) is 0. The number of carbonyl (C=O) groups is 3. The van der Waals surface area contributed by atoms with E-state index in [1.807, 2.05) is 0 Å². The van der Waals surface area contributed by atoms with Crippen LogP contribution in [0.4, 0.5) is 0 Å². The maximum atomic E-state index is 12.2. The summed E-state index contributed by atoms with van der Waals surface area (Å²) in [6.07, 6.45) is 1.11. The number of sulfone groups is 1. The van der Waals surface area contributed by atoms with E-state index in [0.717, 1.165) is 11.2 Å². The average Bonchev–Trinajstić information content (AvgIpc) is 2.85. The molecule has 0 N–H and O–H groups in total. The van der Waals surface area contributed by atoms with Crippen LogP contribution in [0.5, 0.6) is 0 Å². The molecular formula is C19H17NO6S. The van der Waals surface area contributed by atoms with Crippen molar-refractivity contribution in [3.63, 3.8) is 0 Å². The molecule has 1 aliphatic heterocycles. The molecule has 0 radical (unpaired) electrons. The van der Waals surface area contributed by atoms with Crippen molar-refractivity contribution in [2.24, 2.45) is 0 Å². The Morgan fingerprint density at radius 2 is 1.63 bits per heavy atom. The molecule has 0 unspecified atom stereocenters. The van der Waals surface area contributed by atoms with E-state index in [-0.39, 0.29) is 24.5 Å². The lowest BCUT2D eigenvalue weighted by molar-refractivity contribution is 0.0420. The number of fused-ring (bicyclic) bond motifs is 1. The van der Waals surface area contributed by atoms with Crippen LogP contribution >= 0.6 is 0 Å². The third-order valence-electron chi connectivity index (χ3n) is 4.02. The summed E-state index contributed by atoms with van der Waals surface area (Å²) < 4.78 is 27.9. The number of carbonyl (C=O) groups excluding carboxylic acids is 3. The Morgan fingerprint density at radius 1 is 1.00 bits per heavy atom. The fourth-order valence-electron chi connectivity index (χ4n) is 2.85. The van der Waals surface area contributed by atoms with E-state index in [0.29, 0.717) is 16.7 Å². The number of amides is 2. The fraction of sp³-hybridized carbons (Fsp3) is 0.211. The average molecular weight is 387 g/mol. The highest BCUT2D eigenvalue weighted by molar-refractivity contribution is 7.89. The second-order valence-electron chi connectivity index (χ2n) is 6.21. The molecule has 0 atom stereocenters. The zero-order valence-corrected chi connectivity index (χ0v) is 15.4. The highest BCUT2D eigenvalue weighted by atomic mass is 32.2. The van der Waals surface area contributed by atoms with Crippen molar-refractivity contribution < 1.29 is 27.5 Å². The van der Waals surface area contributed by atoms with Gasteiger partial charge in [-0.15, -0.1) is 0 Å². The minimum Gasteiger partial charge on any atom is -0.460 e. The second kappa shape index (κ2) is 7.32. The molecule has 1 aliphatic rings. The molecule has 3 rings (SSSR count). The number of rotatable bonds is 6. The summed E-state index contributed by atoms with van der Waals surface area (Å²) in [6, 6.07) is 12.6. The van der Waals surface area contributed by atoms with E-state index in [2.05, 4.69) is 0 Å². The first-order chi connectivity index (χ1) is 12.8. The van der Waals surface area contributed by atoms with Gasteiger partial charge in [-0.25, -0.2) is 13.2 Å². The third-order valence-corrected chi connectivity index (χ3v) is 4.88. The summed E-state index contributed by atoms with van der Waals surface area (Å²) in [5.41, 5.74) is 1.36. The SMILES string of the molecule is CS(=O)(=O)Cc1cccc(C(=O)OCCN2C(=O)c3ccccc3C2=O)c1. The molecule has 27 heavy (non-hydrogen) atoms. The molecule has 1 heterocycles. The Labute approximate surface area is 156 Å². The molecule has 0 saturated heterocycles. The van der Waals surface area contributed by atoms with E-state index in [4.69, 9.17) is 4.74 Å². The van der Waals surface area contributed by atoms with Gasteiger partial charge in [-0.1, -0.05) is 24.3 Å². The Kier molecular flexibility index (Phi) is 5.09. The number of hydrogen-bond acceptors (Lipinski definition) is 6. The first-order valence-corrected chi connectivity index (χ1v) is 10.2. The van der Waals surface area contributed by atoms with Gasteiger partial charge in [0.2, 0.25) is 0 Å². The lowest BCUT2D eigenvalue weighted by atomic mass is 10.1. The van der Waals surface area contributed by atoms with Crippen molar-refractivity contribution in [1.29, 1.82) is 0 Å². The normalized spacial score (nSPS) is 13.6. The van der Waals surface area contributed by atoms with Crippen molar-refractivity contribution in [1.82, 2.24) is 4.90 Å². The topological polar surface area (TPSA) is 97.8 Å². The van der Waals surface area contributed by atoms with Crippen LogP contribution < -0.4 is 0 Å². The predicted octanol–water partition coefficient (Wildman–Crippen LogP) is 1.68. The van der Waals surface area contributed by atoms with Crippen molar-refractivity contribution >= 4 is 27.6 Å². The van der Waals surface area contributed by atoms with E-state index < -0.39 is 27.6 Å². The van der Waals surface area contributed by atoms with Crippen LogP contribution in [0.25, 0.3) is 0 Å². The number of ether oxygens (including phenoxy) is 1. The van der Waals surface area contributed by atoms with Gasteiger partial charge in [0.1, 0.15) is 6.61 Å². The van der Waals surface area contributed by atoms with Gasteiger partial charge in [-0.2, -0.15) is 0 Å². The Balaban J connectivity index is 1.60. The smallest absolute Gasteiger partial charge is 0.338 e. The predicted molar refractivity (Wildman–Crippen MR) is 97.1 cm³/mol. The van der Waals surface area contributed by atoms with Crippen LogP contribution in [0.15, 0.2) is 48.5 Å². The molecular weight excluding hydrogens is 370 g/mol. The highest BCUT2D eigenvalue weighted by Crippen LogP contribution is 2.22. The molecule has 2 amide bonds. The minimum absolute atomic E-state index is 0.0544. The van der Waals surface area contributed by atoms with Gasteiger partial charge in [0.05, 0.1) is 29.0 Å². The number of nitrogens with zero attached hydrogens (tertiary/aromatic N) is 1. The molecule has 8 heteroatoms. The van der Waals surface area contributed by atoms with Gasteiger partial charge >= 0.3 is 5.97 Å². The first-order valence-electron chi connectivity index (χ1n) is 8.15. The van der Waals surface area contributed by atoms with Crippen molar-refractivity contribution in [2.45, 2.75) is 5.75 Å². The van der Waals surface area contributed by atoms with Gasteiger partial charge < -0.3 is 4.74 Å². The largest absolute Gasteiger partial charge is 0.460 e. The highest BCUT2D eigenvalue weighted by Gasteiger charge is 2.34. The fourth-order valence-corrected chi connectivity index (χ4v) is 3.63. The molecule has 0 bridgehead atoms. The van der Waals surface area contributed by atoms with Gasteiger partial charge in [0, 0.05) is 6.26 Å². The first kappa shape index (κ1) is 18.8. The number of benzene rings is 2. The Hall–Kier alpha value is -3.00. The lowest BCUT2D eigenvalue weighted by Crippen LogP contribution is -2.33. The van der Waals surface area contributed by atoms with Crippen LogP contribution in [0.1, 0.15) is 36.6 Å². The monoisotopic (exact) mass is 387 g/mol. The number of imide groups is 1. The quantitative estimate of drug-likeness (QED) is 0.553. The second-order valence-corrected chi connectivity index (χ2v) is 8.35. The van der Waals surface area contributed by atoms with E-state index >= 15 is 0 Å². The zero-order chi connectivity index (χ0) is 19.6. The lowest BCUT2D eigenvalue weighted by Gasteiger charge is -2.14. The van der Waals surface area contributed by atoms with Crippen molar-refractivity contribution in [3.05, 3.63) is 70.8 Å². The standard InChI is InChI=1S/C19H17NO6S/c1-27(24,25)12-13-5-4-6-14(11-13)19(23)26-10-9-20-17(21)15-7-2-3-8-16(15)18(20)22/h2-8,11H,9-10,12H2,1H3. The summed E-state index contributed by atoms with van der Waals surface area (Å²) >= 11 is 0. The van der Waals surface area contributed by atoms with Crippen molar-refractivity contribution in [3.8, 4) is 0 Å². The Bertz CT molecular complexity index is 993. The van der Waals surface area contributed by atoms with Crippen LogP contribution in [0.2, 0.25) is 0 Å². The molecule has 0 aliphatic carbocycles. The summed E-state index contributed by atoms with van der Waals surface area (Å²) in [5.74, 6) is -1.66. The molecule has 140 valence electrons. The van der Waals surface area contributed by atoms with Gasteiger partial charge in [-0.05, 0) is 29.8 Å². The molecule has 0 spiro atoms. The van der Waals surface area contributed by atoms with Gasteiger partial charge in [-0.3, -0.25) is 14.5 Å². The molecule has 0 aromatic heterocycles. The summed E-state index contributed by atoms with van der Waals surface area (Å²) in [5, 5.41) is 0. The van der Waals surface area contributed by atoms with E-state index in [9.17, 15) is 22.8 Å². The number of esters is 1. The third kappa shape index (κ3) is 4.22.